The molecule has 0 aromatic rings. The second kappa shape index (κ2) is 4.47. The van der Waals surface area contributed by atoms with Gasteiger partial charge < -0.3 is 15.0 Å². The van der Waals surface area contributed by atoms with E-state index < -0.39 is 18.0 Å². The minimum atomic E-state index is -1.35. The third-order valence-corrected chi connectivity index (χ3v) is 3.53. The number of fused-ring (bicyclic) bond motifs is 1. The fourth-order valence-corrected chi connectivity index (χ4v) is 3.00. The maximum absolute atomic E-state index is 11.4. The third-order valence-electron chi connectivity index (χ3n) is 2.39. The van der Waals surface area contributed by atoms with Crippen molar-refractivity contribution < 1.29 is 49.4 Å². The molecule has 76 valence electrons. The summed E-state index contributed by atoms with van der Waals surface area (Å²) in [5, 5.41) is 21.0. The van der Waals surface area contributed by atoms with Crippen LogP contribution in [-0.2, 0) is 9.59 Å². The maximum Gasteiger partial charge on any atom is 1.00 e. The molecule has 3 atom stereocenters. The fourth-order valence-electron chi connectivity index (χ4n) is 1.67. The van der Waals surface area contributed by atoms with Crippen molar-refractivity contribution in [1.82, 2.24) is 4.90 Å². The molecule has 1 unspecified atom stereocenters. The van der Waals surface area contributed by atoms with E-state index in [4.69, 9.17) is 0 Å². The van der Waals surface area contributed by atoms with Gasteiger partial charge in [-0.15, -0.1) is 11.8 Å². The minimum absolute atomic E-state index is 0. The summed E-state index contributed by atoms with van der Waals surface area (Å²) in [6.45, 7) is 1.53. The van der Waals surface area contributed by atoms with Crippen molar-refractivity contribution in [2.24, 2.45) is 5.92 Å². The third kappa shape index (κ3) is 1.85. The number of nitrogens with zero attached hydrogens (tertiary/aromatic N) is 1. The van der Waals surface area contributed by atoms with Gasteiger partial charge in [-0.05, 0) is 12.3 Å². The van der Waals surface area contributed by atoms with Crippen LogP contribution in [0.5, 0.6) is 0 Å². The smallest absolute Gasteiger partial charge is 0.543 e. The van der Waals surface area contributed by atoms with E-state index >= 15 is 0 Å². The van der Waals surface area contributed by atoms with Gasteiger partial charge in [-0.2, -0.15) is 0 Å². The molecule has 2 heterocycles. The second-order valence-electron chi connectivity index (χ2n) is 3.29. The van der Waals surface area contributed by atoms with Crippen molar-refractivity contribution in [2.75, 3.05) is 0 Å². The molecular weight excluding hydrogens is 229 g/mol. The van der Waals surface area contributed by atoms with Crippen molar-refractivity contribution in [3.63, 3.8) is 0 Å². The number of β-lactam (4-membered cyclic amide) rings is 1. The molecule has 2 aliphatic rings. The van der Waals surface area contributed by atoms with Crippen molar-refractivity contribution in [2.45, 2.75) is 18.4 Å². The normalized spacial score (nSPS) is 29.9. The summed E-state index contributed by atoms with van der Waals surface area (Å²) in [5.74, 6) is -2.18. The van der Waals surface area contributed by atoms with Crippen LogP contribution < -0.4 is 34.7 Å². The number of amides is 1. The molecule has 0 aromatic carbocycles. The SMILES string of the molecule is CC(O)[C@H]1C(=O)N2C(C(=O)[O-])=CS[C@H]12.[Na+]. The summed E-state index contributed by atoms with van der Waals surface area (Å²) in [4.78, 5) is 23.1. The van der Waals surface area contributed by atoms with Crippen molar-refractivity contribution >= 4 is 23.6 Å². The van der Waals surface area contributed by atoms with Crippen molar-refractivity contribution in [3.8, 4) is 0 Å². The van der Waals surface area contributed by atoms with Gasteiger partial charge in [0.2, 0.25) is 5.91 Å². The van der Waals surface area contributed by atoms with Gasteiger partial charge in [0.15, 0.2) is 0 Å². The Morgan fingerprint density at radius 3 is 2.80 bits per heavy atom. The van der Waals surface area contributed by atoms with Gasteiger partial charge in [-0.1, -0.05) is 0 Å². The number of aliphatic carboxylic acids is 1. The number of hydrogen-bond donors (Lipinski definition) is 1. The first-order valence-electron chi connectivity index (χ1n) is 4.12. The zero-order valence-electron chi connectivity index (χ0n) is 8.34. The summed E-state index contributed by atoms with van der Waals surface area (Å²) >= 11 is 1.23. The summed E-state index contributed by atoms with van der Waals surface area (Å²) < 4.78 is 0. The van der Waals surface area contributed by atoms with E-state index in [1.165, 1.54) is 24.1 Å². The van der Waals surface area contributed by atoms with Crippen LogP contribution in [0.15, 0.2) is 11.1 Å². The van der Waals surface area contributed by atoms with Gasteiger partial charge in [0.05, 0.1) is 23.7 Å². The number of carboxylic acid groups (broad SMARTS) is 1. The first kappa shape index (κ1) is 13.1. The maximum atomic E-state index is 11.4. The Hall–Kier alpha value is -0.01000. The van der Waals surface area contributed by atoms with E-state index in [1.54, 1.807) is 0 Å². The molecular formula is C8H8NNaO4S. The summed E-state index contributed by atoms with van der Waals surface area (Å²) in [7, 11) is 0. The molecule has 0 aromatic heterocycles. The number of thioether (sulfide) groups is 1. The zero-order chi connectivity index (χ0) is 10.5. The van der Waals surface area contributed by atoms with Crippen LogP contribution in [0.2, 0.25) is 0 Å². The number of rotatable bonds is 2. The van der Waals surface area contributed by atoms with Gasteiger partial charge in [-0.25, -0.2) is 0 Å². The van der Waals surface area contributed by atoms with Crippen LogP contribution in [0, 0.1) is 5.92 Å². The molecule has 0 bridgehead atoms. The molecule has 2 aliphatic heterocycles. The molecule has 5 nitrogen and oxygen atoms in total. The average molecular weight is 237 g/mol. The van der Waals surface area contributed by atoms with Crippen LogP contribution in [0.1, 0.15) is 6.92 Å². The van der Waals surface area contributed by atoms with E-state index in [1.807, 2.05) is 0 Å². The van der Waals surface area contributed by atoms with Gasteiger partial charge in [0.1, 0.15) is 5.37 Å². The molecule has 0 aliphatic carbocycles. The molecule has 2 rings (SSSR count). The Morgan fingerprint density at radius 1 is 1.73 bits per heavy atom. The summed E-state index contributed by atoms with van der Waals surface area (Å²) in [5.41, 5.74) is -0.0955. The zero-order valence-corrected chi connectivity index (χ0v) is 11.2. The van der Waals surface area contributed by atoms with Gasteiger partial charge in [-0.3, -0.25) is 9.69 Å². The molecule has 0 spiro atoms. The van der Waals surface area contributed by atoms with E-state index in [0.29, 0.717) is 0 Å². The Labute approximate surface area is 113 Å². The summed E-state index contributed by atoms with van der Waals surface area (Å²) in [6.07, 6.45) is -0.745. The second-order valence-corrected chi connectivity index (χ2v) is 4.28. The Balaban J connectivity index is 0.00000112. The largest absolute Gasteiger partial charge is 1.00 e. The molecule has 7 heteroatoms. The fraction of sp³-hybridized carbons (Fsp3) is 0.500. The molecule has 15 heavy (non-hydrogen) atoms. The molecule has 0 saturated carbocycles. The number of hydrogen-bond acceptors (Lipinski definition) is 5. The summed E-state index contributed by atoms with van der Waals surface area (Å²) in [6, 6.07) is 0. The van der Waals surface area contributed by atoms with Gasteiger partial charge in [0.25, 0.3) is 0 Å². The Kier molecular flexibility index (Phi) is 3.89. The number of carbonyl (C=O) groups excluding carboxylic acids is 2. The van der Waals surface area contributed by atoms with E-state index in [0.717, 1.165) is 4.90 Å². The minimum Gasteiger partial charge on any atom is -0.543 e. The molecule has 0 radical (unpaired) electrons. The number of carbonyl (C=O) groups is 2. The van der Waals surface area contributed by atoms with Crippen LogP contribution in [0.3, 0.4) is 0 Å². The molecule has 1 saturated heterocycles. The van der Waals surface area contributed by atoms with E-state index in [2.05, 4.69) is 0 Å². The predicted octanol–water partition coefficient (Wildman–Crippen LogP) is -4.51. The standard InChI is InChI=1S/C8H9NO4S.Na/c1-3(10)5-6(11)9-4(8(12)13)2-14-7(5)9;/h2-3,5,7,10H,1H3,(H,12,13);/q;+1/p-1/t3?,5-,7+;/m0./s1. The van der Waals surface area contributed by atoms with E-state index in [-0.39, 0.29) is 46.5 Å². The molecule has 1 N–H and O–H groups in total. The van der Waals surface area contributed by atoms with Crippen LogP contribution >= 0.6 is 11.8 Å². The van der Waals surface area contributed by atoms with Crippen molar-refractivity contribution in [3.05, 3.63) is 11.1 Å². The number of aliphatic hydroxyl groups excluding tert-OH is 1. The van der Waals surface area contributed by atoms with E-state index in [9.17, 15) is 19.8 Å². The first-order valence-corrected chi connectivity index (χ1v) is 5.06. The predicted molar refractivity (Wildman–Crippen MR) is 46.5 cm³/mol. The molecule has 1 amide bonds. The first-order chi connectivity index (χ1) is 6.54. The van der Waals surface area contributed by atoms with Crippen LogP contribution in [0.4, 0.5) is 0 Å². The monoisotopic (exact) mass is 237 g/mol. The Bertz CT molecular complexity index is 344. The van der Waals surface area contributed by atoms with Crippen molar-refractivity contribution in [1.29, 1.82) is 0 Å². The average Bonchev–Trinajstić information content (AvgIpc) is 2.42. The molecule has 1 fully saturated rings. The van der Waals surface area contributed by atoms with Gasteiger partial charge in [0, 0.05) is 0 Å². The Morgan fingerprint density at radius 2 is 2.33 bits per heavy atom. The number of aliphatic hydroxyl groups is 1. The quantitative estimate of drug-likeness (QED) is 0.387. The van der Waals surface area contributed by atoms with Gasteiger partial charge >= 0.3 is 29.6 Å². The van der Waals surface area contributed by atoms with Crippen LogP contribution in [0.25, 0.3) is 0 Å². The number of carboxylic acids is 1. The van der Waals surface area contributed by atoms with Crippen LogP contribution in [-0.4, -0.2) is 33.4 Å². The topological polar surface area (TPSA) is 80.7 Å².